The molecule has 0 aromatic carbocycles. The lowest BCUT2D eigenvalue weighted by Crippen LogP contribution is -2.32. The van der Waals surface area contributed by atoms with Crippen molar-refractivity contribution in [3.05, 3.63) is 11.8 Å². The molecule has 0 aliphatic carbocycles. The maximum absolute atomic E-state index is 12.6. The minimum absolute atomic E-state index is 0.730. The van der Waals surface area contributed by atoms with Crippen molar-refractivity contribution in [2.24, 2.45) is 0 Å². The summed E-state index contributed by atoms with van der Waals surface area (Å²) in [5.41, 5.74) is 0.730. The van der Waals surface area contributed by atoms with Crippen LogP contribution in [-0.2, 0) is 0 Å². The molecule has 0 saturated carbocycles. The molecule has 0 amide bonds. The van der Waals surface area contributed by atoms with E-state index in [1.54, 1.807) is 19.9 Å². The highest BCUT2D eigenvalue weighted by Gasteiger charge is 2.10. The van der Waals surface area contributed by atoms with Crippen LogP contribution in [0.3, 0.4) is 0 Å². The van der Waals surface area contributed by atoms with Crippen LogP contribution in [0.5, 0.6) is 0 Å². The first kappa shape index (κ1) is 9.43. The van der Waals surface area contributed by atoms with E-state index >= 15 is 0 Å². The molecule has 3 heteroatoms. The minimum Gasteiger partial charge on any atom is -0.388 e. The second-order valence-corrected chi connectivity index (χ2v) is 2.26. The van der Waals surface area contributed by atoms with Crippen molar-refractivity contribution in [3.8, 4) is 0 Å². The Morgan fingerprint density at radius 3 is 2.50 bits per heavy atom. The van der Waals surface area contributed by atoms with Gasteiger partial charge in [-0.1, -0.05) is 6.08 Å². The number of allylic oxidation sites excluding steroid dienone is 2. The molecule has 1 unspecified atom stereocenters. The van der Waals surface area contributed by atoms with Crippen molar-refractivity contribution in [1.82, 2.24) is 5.32 Å². The second kappa shape index (κ2) is 4.28. The number of hydrogen-bond donors (Lipinski definition) is 2. The Balaban J connectivity index is 3.68. The SMILES string of the molecule is C/C=C(\C)NC(F)[C@H](C)O. The topological polar surface area (TPSA) is 32.3 Å². The quantitative estimate of drug-likeness (QED) is 0.587. The largest absolute Gasteiger partial charge is 0.388 e. The van der Waals surface area contributed by atoms with Crippen molar-refractivity contribution in [1.29, 1.82) is 0 Å². The van der Waals surface area contributed by atoms with Gasteiger partial charge in [0.05, 0.1) is 0 Å². The van der Waals surface area contributed by atoms with E-state index in [9.17, 15) is 4.39 Å². The van der Waals surface area contributed by atoms with Crippen molar-refractivity contribution >= 4 is 0 Å². The lowest BCUT2D eigenvalue weighted by Gasteiger charge is -2.13. The predicted molar refractivity (Wildman–Crippen MR) is 39.1 cm³/mol. The van der Waals surface area contributed by atoms with E-state index in [0.717, 1.165) is 5.70 Å². The third kappa shape index (κ3) is 3.45. The summed E-state index contributed by atoms with van der Waals surface area (Å²) in [4.78, 5) is 0. The van der Waals surface area contributed by atoms with Crippen molar-refractivity contribution in [2.75, 3.05) is 0 Å². The molecule has 10 heavy (non-hydrogen) atoms. The second-order valence-electron chi connectivity index (χ2n) is 2.26. The summed E-state index contributed by atoms with van der Waals surface area (Å²) in [5, 5.41) is 11.2. The highest BCUT2D eigenvalue weighted by atomic mass is 19.1. The van der Waals surface area contributed by atoms with Gasteiger partial charge in [-0.2, -0.15) is 0 Å². The fraction of sp³-hybridized carbons (Fsp3) is 0.714. The Morgan fingerprint density at radius 2 is 2.20 bits per heavy atom. The van der Waals surface area contributed by atoms with Crippen LogP contribution in [0.25, 0.3) is 0 Å². The summed E-state index contributed by atoms with van der Waals surface area (Å²) in [7, 11) is 0. The summed E-state index contributed by atoms with van der Waals surface area (Å²) in [5.74, 6) is 0. The Hall–Kier alpha value is -0.570. The predicted octanol–water partition coefficient (Wildman–Crippen LogP) is 1.18. The van der Waals surface area contributed by atoms with Gasteiger partial charge in [0.25, 0.3) is 0 Å². The molecule has 0 saturated heterocycles. The number of aliphatic hydroxyl groups is 1. The van der Waals surface area contributed by atoms with Gasteiger partial charge in [0.2, 0.25) is 0 Å². The fourth-order valence-corrected chi connectivity index (χ4v) is 0.421. The molecule has 0 heterocycles. The van der Waals surface area contributed by atoms with Gasteiger partial charge >= 0.3 is 0 Å². The average molecular weight is 147 g/mol. The molecule has 0 aliphatic heterocycles. The van der Waals surface area contributed by atoms with Gasteiger partial charge in [0.1, 0.15) is 6.10 Å². The smallest absolute Gasteiger partial charge is 0.195 e. The summed E-state index contributed by atoms with van der Waals surface area (Å²) < 4.78 is 12.6. The van der Waals surface area contributed by atoms with Crippen LogP contribution in [0.15, 0.2) is 11.8 Å². The van der Waals surface area contributed by atoms with E-state index < -0.39 is 12.4 Å². The number of alkyl halides is 1. The molecule has 0 spiro atoms. The van der Waals surface area contributed by atoms with E-state index in [1.807, 2.05) is 0 Å². The highest BCUT2D eigenvalue weighted by Crippen LogP contribution is 1.97. The van der Waals surface area contributed by atoms with Crippen molar-refractivity contribution < 1.29 is 9.50 Å². The molecule has 60 valence electrons. The molecule has 0 fully saturated rings. The molecular formula is C7H14FNO. The van der Waals surface area contributed by atoms with Crippen LogP contribution in [-0.4, -0.2) is 17.5 Å². The summed E-state index contributed by atoms with van der Waals surface area (Å²) in [6.45, 7) is 4.95. The number of halogens is 1. The van der Waals surface area contributed by atoms with Crippen LogP contribution >= 0.6 is 0 Å². The summed E-state index contributed by atoms with van der Waals surface area (Å²) >= 11 is 0. The average Bonchev–Trinajstić information content (AvgIpc) is 1.87. The zero-order valence-corrected chi connectivity index (χ0v) is 6.56. The summed E-state index contributed by atoms with van der Waals surface area (Å²) in [6.07, 6.45) is -0.583. The zero-order chi connectivity index (χ0) is 8.15. The van der Waals surface area contributed by atoms with E-state index in [0.29, 0.717) is 0 Å². The van der Waals surface area contributed by atoms with Crippen molar-refractivity contribution in [3.63, 3.8) is 0 Å². The first-order chi connectivity index (χ1) is 4.57. The normalized spacial score (nSPS) is 18.3. The number of nitrogens with one attached hydrogen (secondary N) is 1. The molecule has 0 aromatic heterocycles. The van der Waals surface area contributed by atoms with Gasteiger partial charge in [-0.25, -0.2) is 4.39 Å². The molecule has 0 bridgehead atoms. The van der Waals surface area contributed by atoms with Crippen molar-refractivity contribution in [2.45, 2.75) is 33.2 Å². The zero-order valence-electron chi connectivity index (χ0n) is 6.56. The molecule has 2 atom stereocenters. The van der Waals surface area contributed by atoms with Crippen LogP contribution in [0.2, 0.25) is 0 Å². The first-order valence-corrected chi connectivity index (χ1v) is 3.29. The van der Waals surface area contributed by atoms with Gasteiger partial charge < -0.3 is 10.4 Å². The molecule has 2 nitrogen and oxygen atoms in total. The lowest BCUT2D eigenvalue weighted by atomic mass is 10.3. The first-order valence-electron chi connectivity index (χ1n) is 3.29. The maximum atomic E-state index is 12.6. The molecule has 2 N–H and O–H groups in total. The Kier molecular flexibility index (Phi) is 4.03. The Morgan fingerprint density at radius 1 is 1.70 bits per heavy atom. The third-order valence-electron chi connectivity index (χ3n) is 1.22. The Labute approximate surface area is 60.7 Å². The van der Waals surface area contributed by atoms with Gasteiger partial charge in [-0.15, -0.1) is 0 Å². The lowest BCUT2D eigenvalue weighted by molar-refractivity contribution is 0.0783. The van der Waals surface area contributed by atoms with E-state index in [-0.39, 0.29) is 0 Å². The Bertz CT molecular complexity index is 123. The van der Waals surface area contributed by atoms with Gasteiger partial charge in [0.15, 0.2) is 6.30 Å². The number of hydrogen-bond acceptors (Lipinski definition) is 2. The fourth-order valence-electron chi connectivity index (χ4n) is 0.421. The van der Waals surface area contributed by atoms with E-state index in [1.165, 1.54) is 6.92 Å². The monoisotopic (exact) mass is 147 g/mol. The van der Waals surface area contributed by atoms with E-state index in [4.69, 9.17) is 5.11 Å². The third-order valence-corrected chi connectivity index (χ3v) is 1.22. The van der Waals surface area contributed by atoms with Crippen LogP contribution in [0.4, 0.5) is 4.39 Å². The van der Waals surface area contributed by atoms with Gasteiger partial charge in [-0.05, 0) is 20.8 Å². The molecule has 0 aliphatic rings. The summed E-state index contributed by atoms with van der Waals surface area (Å²) in [6, 6.07) is 0. The van der Waals surface area contributed by atoms with Crippen LogP contribution in [0.1, 0.15) is 20.8 Å². The van der Waals surface area contributed by atoms with Gasteiger partial charge in [0, 0.05) is 5.70 Å². The molecule has 0 rings (SSSR count). The minimum atomic E-state index is -1.36. The van der Waals surface area contributed by atoms with Crippen LogP contribution in [0, 0.1) is 0 Å². The van der Waals surface area contributed by atoms with Gasteiger partial charge in [-0.3, -0.25) is 0 Å². The molecule has 0 radical (unpaired) electrons. The molecular weight excluding hydrogens is 133 g/mol. The van der Waals surface area contributed by atoms with Crippen LogP contribution < -0.4 is 5.32 Å². The standard InChI is InChI=1S/C7H14FNO/c1-4-5(2)9-7(8)6(3)10/h4,6-7,9-10H,1-3H3/b5-4+/t6-,7?/m0/s1. The molecule has 0 aromatic rings. The highest BCUT2D eigenvalue weighted by molar-refractivity contribution is 4.93. The van der Waals surface area contributed by atoms with E-state index in [2.05, 4.69) is 5.32 Å². The number of aliphatic hydroxyl groups excluding tert-OH is 1. The maximum Gasteiger partial charge on any atom is 0.195 e. The number of rotatable bonds is 3.